The number of ether oxygens (including phenoxy) is 2. The third-order valence-electron chi connectivity index (χ3n) is 4.79. The highest BCUT2D eigenvalue weighted by Gasteiger charge is 2.19. The number of carbonyl (C=O) groups excluding carboxylic acids is 1. The van der Waals surface area contributed by atoms with Gasteiger partial charge in [0.15, 0.2) is 6.10 Å². The van der Waals surface area contributed by atoms with Crippen molar-refractivity contribution in [3.05, 3.63) is 96.6 Å². The molecule has 1 amide bonds. The molecule has 0 aliphatic heterocycles. The summed E-state index contributed by atoms with van der Waals surface area (Å²) in [5, 5.41) is 9.28. The van der Waals surface area contributed by atoms with Crippen molar-refractivity contribution >= 4 is 29.5 Å². The Morgan fingerprint density at radius 1 is 0.939 bits per heavy atom. The fourth-order valence-corrected chi connectivity index (χ4v) is 3.23. The van der Waals surface area contributed by atoms with Crippen molar-refractivity contribution in [2.45, 2.75) is 25.9 Å². The molecule has 0 radical (unpaired) electrons. The summed E-state index contributed by atoms with van der Waals surface area (Å²) in [6, 6.07) is 25.7. The highest BCUT2D eigenvalue weighted by atomic mass is 16.6. The second-order valence-corrected chi connectivity index (χ2v) is 7.29. The largest absolute Gasteiger partial charge is 0.479 e. The normalized spacial score (nSPS) is 11.7. The molecule has 0 spiro atoms. The molecule has 1 unspecified atom stereocenters. The zero-order chi connectivity index (χ0) is 23.5. The lowest BCUT2D eigenvalue weighted by atomic mass is 10.2. The Labute approximate surface area is 193 Å². The molecular weight excluding hydrogens is 418 g/mol. The minimum atomic E-state index is -0.980. The maximum Gasteiger partial charge on any atom is 0.419 e. The molecule has 0 fully saturated rings. The lowest BCUT2D eigenvalue weighted by Crippen LogP contribution is -2.26. The van der Waals surface area contributed by atoms with E-state index < -0.39 is 18.2 Å². The predicted octanol–water partition coefficient (Wildman–Crippen LogP) is 6.31. The molecule has 0 saturated heterocycles. The Hall–Kier alpha value is -4.06. The van der Waals surface area contributed by atoms with E-state index in [-0.39, 0.29) is 6.61 Å². The van der Waals surface area contributed by atoms with Crippen LogP contribution < -0.4 is 9.64 Å². The topological polar surface area (TPSA) is 76.1 Å². The molecule has 3 aromatic rings. The number of rotatable bonds is 10. The summed E-state index contributed by atoms with van der Waals surface area (Å²) < 4.78 is 11.1. The van der Waals surface area contributed by atoms with Gasteiger partial charge < -0.3 is 14.6 Å². The van der Waals surface area contributed by atoms with Gasteiger partial charge in [-0.15, -0.1) is 0 Å². The lowest BCUT2D eigenvalue weighted by molar-refractivity contribution is -0.145. The predicted molar refractivity (Wildman–Crippen MR) is 129 cm³/mol. The van der Waals surface area contributed by atoms with E-state index in [1.165, 1.54) is 4.90 Å². The Kier molecular flexibility index (Phi) is 8.65. The number of carboxylic acid groups (broad SMARTS) is 1. The van der Waals surface area contributed by atoms with Gasteiger partial charge in [0, 0.05) is 0 Å². The number of carbonyl (C=O) groups is 2. The first-order valence-corrected chi connectivity index (χ1v) is 10.8. The van der Waals surface area contributed by atoms with E-state index in [1.807, 2.05) is 73.7 Å². The summed E-state index contributed by atoms with van der Waals surface area (Å²) in [6.45, 7) is 1.99. The lowest BCUT2D eigenvalue weighted by Gasteiger charge is -2.22. The van der Waals surface area contributed by atoms with Gasteiger partial charge in [-0.2, -0.15) is 0 Å². The molecule has 0 heterocycles. The fourth-order valence-electron chi connectivity index (χ4n) is 3.23. The van der Waals surface area contributed by atoms with E-state index in [0.717, 1.165) is 5.56 Å². The summed E-state index contributed by atoms with van der Waals surface area (Å²) in [7, 11) is 0. The molecule has 33 heavy (non-hydrogen) atoms. The van der Waals surface area contributed by atoms with Crippen molar-refractivity contribution in [3.63, 3.8) is 0 Å². The quantitative estimate of drug-likeness (QED) is 0.396. The van der Waals surface area contributed by atoms with Gasteiger partial charge in [0.05, 0.1) is 11.4 Å². The Morgan fingerprint density at radius 2 is 1.58 bits per heavy atom. The van der Waals surface area contributed by atoms with Gasteiger partial charge in [0.25, 0.3) is 0 Å². The highest BCUT2D eigenvalue weighted by Crippen LogP contribution is 2.26. The van der Waals surface area contributed by atoms with E-state index in [2.05, 4.69) is 0 Å². The van der Waals surface area contributed by atoms with Crippen LogP contribution in [0.2, 0.25) is 0 Å². The number of nitrogens with zero attached hydrogens (tertiary/aromatic N) is 1. The standard InChI is InChI=1S/C27H27NO5/c1-2-11-25(26(29)30)33-24-18-9-12-21(20-24)13-10-19-32-27(31)28(22-14-5-3-6-15-22)23-16-7-4-8-17-23/h3-10,12-18,20,25H,2,11,19H2,1H3,(H,29,30)/b13-10-. The van der Waals surface area contributed by atoms with Crippen LogP contribution >= 0.6 is 0 Å². The number of para-hydroxylation sites is 2. The summed E-state index contributed by atoms with van der Waals surface area (Å²) in [5.74, 6) is -0.500. The van der Waals surface area contributed by atoms with Gasteiger partial charge in [-0.3, -0.25) is 0 Å². The number of aliphatic carboxylic acids is 1. The van der Waals surface area contributed by atoms with Gasteiger partial charge >= 0.3 is 12.1 Å². The third-order valence-corrected chi connectivity index (χ3v) is 4.79. The summed E-state index contributed by atoms with van der Waals surface area (Å²) in [6.07, 6.45) is 3.31. The maximum atomic E-state index is 12.9. The molecule has 170 valence electrons. The van der Waals surface area contributed by atoms with Crippen molar-refractivity contribution < 1.29 is 24.2 Å². The van der Waals surface area contributed by atoms with Crippen LogP contribution in [0.3, 0.4) is 0 Å². The van der Waals surface area contributed by atoms with Crippen LogP contribution in [0.25, 0.3) is 6.08 Å². The van der Waals surface area contributed by atoms with E-state index in [0.29, 0.717) is 30.0 Å². The summed E-state index contributed by atoms with van der Waals surface area (Å²) in [4.78, 5) is 25.7. The Morgan fingerprint density at radius 3 is 2.15 bits per heavy atom. The first-order valence-electron chi connectivity index (χ1n) is 10.8. The Bertz CT molecular complexity index is 1030. The van der Waals surface area contributed by atoms with E-state index in [9.17, 15) is 14.7 Å². The van der Waals surface area contributed by atoms with Crippen molar-refractivity contribution in [1.82, 2.24) is 0 Å². The van der Waals surface area contributed by atoms with Gasteiger partial charge in [-0.1, -0.05) is 68.0 Å². The molecule has 1 atom stereocenters. The molecule has 0 aromatic heterocycles. The molecule has 0 bridgehead atoms. The van der Waals surface area contributed by atoms with Crippen molar-refractivity contribution in [2.24, 2.45) is 0 Å². The second-order valence-electron chi connectivity index (χ2n) is 7.29. The molecule has 1 N–H and O–H groups in total. The SMILES string of the molecule is CCCC(Oc1cccc(/C=C\COC(=O)N(c2ccccc2)c2ccccc2)c1)C(=O)O. The van der Waals surface area contributed by atoms with Gasteiger partial charge in [0.1, 0.15) is 12.4 Å². The van der Waals surface area contributed by atoms with Gasteiger partial charge in [-0.05, 0) is 54.5 Å². The number of hydrogen-bond donors (Lipinski definition) is 1. The second kappa shape index (κ2) is 12.1. The van der Waals surface area contributed by atoms with Crippen LogP contribution in [0.15, 0.2) is 91.0 Å². The molecule has 0 aliphatic carbocycles. The molecule has 3 rings (SSSR count). The number of anilines is 2. The fraction of sp³-hybridized carbons (Fsp3) is 0.185. The average Bonchev–Trinajstić information content (AvgIpc) is 2.83. The third kappa shape index (κ3) is 6.97. The number of benzene rings is 3. The average molecular weight is 446 g/mol. The summed E-state index contributed by atoms with van der Waals surface area (Å²) >= 11 is 0. The molecule has 0 aliphatic rings. The van der Waals surface area contributed by atoms with Crippen LogP contribution in [0, 0.1) is 0 Å². The minimum Gasteiger partial charge on any atom is -0.479 e. The zero-order valence-electron chi connectivity index (χ0n) is 18.5. The number of amides is 1. The monoisotopic (exact) mass is 445 g/mol. The zero-order valence-corrected chi connectivity index (χ0v) is 18.5. The van der Waals surface area contributed by atoms with Crippen molar-refractivity contribution in [1.29, 1.82) is 0 Å². The molecular formula is C27H27NO5. The van der Waals surface area contributed by atoms with E-state index in [4.69, 9.17) is 9.47 Å². The smallest absolute Gasteiger partial charge is 0.419 e. The van der Waals surface area contributed by atoms with Crippen molar-refractivity contribution in [2.75, 3.05) is 11.5 Å². The van der Waals surface area contributed by atoms with Crippen LogP contribution in [0.1, 0.15) is 25.3 Å². The number of hydrogen-bond acceptors (Lipinski definition) is 4. The molecule has 6 nitrogen and oxygen atoms in total. The first kappa shape index (κ1) is 23.6. The van der Waals surface area contributed by atoms with Crippen LogP contribution in [-0.4, -0.2) is 29.9 Å². The van der Waals surface area contributed by atoms with Crippen molar-refractivity contribution in [3.8, 4) is 5.75 Å². The van der Waals surface area contributed by atoms with E-state index >= 15 is 0 Å². The van der Waals surface area contributed by atoms with Gasteiger partial charge in [-0.25, -0.2) is 14.5 Å². The highest BCUT2D eigenvalue weighted by molar-refractivity contribution is 5.95. The van der Waals surface area contributed by atoms with Crippen LogP contribution in [-0.2, 0) is 9.53 Å². The molecule has 3 aromatic carbocycles. The van der Waals surface area contributed by atoms with E-state index in [1.54, 1.807) is 30.4 Å². The molecule has 0 saturated carbocycles. The maximum absolute atomic E-state index is 12.9. The Balaban J connectivity index is 1.63. The number of carboxylic acids is 1. The van der Waals surface area contributed by atoms with Gasteiger partial charge in [0.2, 0.25) is 0 Å². The van der Waals surface area contributed by atoms with Crippen LogP contribution in [0.4, 0.5) is 16.2 Å². The summed E-state index contributed by atoms with van der Waals surface area (Å²) in [5.41, 5.74) is 2.23. The minimum absolute atomic E-state index is 0.0771. The molecule has 6 heteroatoms. The van der Waals surface area contributed by atoms with Crippen LogP contribution in [0.5, 0.6) is 5.75 Å². The first-order chi connectivity index (χ1) is 16.1.